The summed E-state index contributed by atoms with van der Waals surface area (Å²) in [6.45, 7) is 4.38. The van der Waals surface area contributed by atoms with Gasteiger partial charge in [0.2, 0.25) is 0 Å². The number of rotatable bonds is 10. The van der Waals surface area contributed by atoms with Crippen LogP contribution in [0.15, 0.2) is 47.5 Å². The number of aliphatic imine (C=N–C) groups is 1. The van der Waals surface area contributed by atoms with E-state index in [1.807, 2.05) is 29.2 Å². The summed E-state index contributed by atoms with van der Waals surface area (Å²) >= 11 is 0. The zero-order valence-corrected chi connectivity index (χ0v) is 21.2. The van der Waals surface area contributed by atoms with Gasteiger partial charge >= 0.3 is 5.97 Å². The van der Waals surface area contributed by atoms with Crippen LogP contribution in [0.1, 0.15) is 70.8 Å². The van der Waals surface area contributed by atoms with E-state index in [9.17, 15) is 14.0 Å². The maximum Gasteiger partial charge on any atom is 0.344 e. The van der Waals surface area contributed by atoms with Gasteiger partial charge in [-0.3, -0.25) is 14.7 Å². The molecule has 0 N–H and O–H groups in total. The van der Waals surface area contributed by atoms with Gasteiger partial charge in [0.05, 0.1) is 13.2 Å². The summed E-state index contributed by atoms with van der Waals surface area (Å²) in [5.41, 5.74) is 1.48. The summed E-state index contributed by atoms with van der Waals surface area (Å²) in [4.78, 5) is 31.9. The molecule has 1 fully saturated rings. The minimum absolute atomic E-state index is 0.134. The first-order valence-corrected chi connectivity index (χ1v) is 13.0. The molecule has 4 rings (SSSR count). The van der Waals surface area contributed by atoms with Crippen LogP contribution in [0, 0.1) is 5.82 Å². The number of amides is 1. The first kappa shape index (κ1) is 25.9. The second-order valence-electron chi connectivity index (χ2n) is 9.55. The van der Waals surface area contributed by atoms with Crippen molar-refractivity contribution in [2.24, 2.45) is 4.99 Å². The molecule has 2 aromatic carbocycles. The molecule has 2 aromatic rings. The molecule has 1 saturated carbocycles. The van der Waals surface area contributed by atoms with Crippen molar-refractivity contribution in [1.82, 2.24) is 4.90 Å². The second-order valence-corrected chi connectivity index (χ2v) is 9.55. The number of ether oxygens (including phenoxy) is 2. The predicted octanol–water partition coefficient (Wildman–Crippen LogP) is 6.07. The number of carbonyl (C=O) groups excluding carboxylic acids is 2. The lowest BCUT2D eigenvalue weighted by molar-refractivity contribution is -0.145. The van der Waals surface area contributed by atoms with E-state index < -0.39 is 11.5 Å². The van der Waals surface area contributed by atoms with E-state index in [2.05, 4.69) is 6.92 Å². The van der Waals surface area contributed by atoms with Gasteiger partial charge in [0.25, 0.3) is 5.91 Å². The Morgan fingerprint density at radius 3 is 2.53 bits per heavy atom. The summed E-state index contributed by atoms with van der Waals surface area (Å²) in [5, 5.41) is 0. The van der Waals surface area contributed by atoms with E-state index in [-0.39, 0.29) is 24.9 Å². The minimum Gasteiger partial charge on any atom is -0.482 e. The smallest absolute Gasteiger partial charge is 0.344 e. The number of nitrogens with zero attached hydrogens (tertiary/aromatic N) is 2. The molecule has 6 nitrogen and oxygen atoms in total. The van der Waals surface area contributed by atoms with Crippen LogP contribution in [0.2, 0.25) is 0 Å². The van der Waals surface area contributed by atoms with Crippen molar-refractivity contribution in [2.75, 3.05) is 13.2 Å². The third-order valence-corrected chi connectivity index (χ3v) is 6.94. The van der Waals surface area contributed by atoms with Gasteiger partial charge in [-0.2, -0.15) is 0 Å². The highest BCUT2D eigenvalue weighted by molar-refractivity contribution is 6.08. The summed E-state index contributed by atoms with van der Waals surface area (Å²) in [5.74, 6) is 0.580. The molecule has 0 radical (unpaired) electrons. The van der Waals surface area contributed by atoms with E-state index >= 15 is 0 Å². The average molecular weight is 495 g/mol. The van der Waals surface area contributed by atoms with E-state index in [1.165, 1.54) is 18.6 Å². The first-order chi connectivity index (χ1) is 17.5. The van der Waals surface area contributed by atoms with Crippen LogP contribution in [-0.4, -0.2) is 41.4 Å². The third kappa shape index (κ3) is 5.77. The number of halogens is 1. The molecule has 1 spiro atoms. The monoisotopic (exact) mass is 494 g/mol. The van der Waals surface area contributed by atoms with Crippen LogP contribution < -0.4 is 4.74 Å². The molecule has 36 heavy (non-hydrogen) atoms. The number of hydrogen-bond acceptors (Lipinski definition) is 5. The Hall–Kier alpha value is -3.22. The van der Waals surface area contributed by atoms with Crippen LogP contribution in [0.25, 0.3) is 11.1 Å². The van der Waals surface area contributed by atoms with Gasteiger partial charge in [0.1, 0.15) is 22.9 Å². The van der Waals surface area contributed by atoms with Crippen LogP contribution in [0.3, 0.4) is 0 Å². The fraction of sp³-hybridized carbons (Fsp3) is 0.483. The van der Waals surface area contributed by atoms with Crippen molar-refractivity contribution in [2.45, 2.75) is 77.3 Å². The maximum atomic E-state index is 14.6. The van der Waals surface area contributed by atoms with Gasteiger partial charge in [0, 0.05) is 12.0 Å². The van der Waals surface area contributed by atoms with Gasteiger partial charge in [-0.15, -0.1) is 0 Å². The van der Waals surface area contributed by atoms with Crippen molar-refractivity contribution < 1.29 is 23.5 Å². The van der Waals surface area contributed by atoms with Crippen molar-refractivity contribution >= 4 is 17.7 Å². The zero-order valence-electron chi connectivity index (χ0n) is 21.2. The number of carbonyl (C=O) groups is 2. The molecule has 1 aliphatic carbocycles. The van der Waals surface area contributed by atoms with Gasteiger partial charge in [0.15, 0.2) is 6.61 Å². The molecule has 0 atom stereocenters. The van der Waals surface area contributed by atoms with Gasteiger partial charge in [-0.05, 0) is 55.5 Å². The Morgan fingerprint density at radius 2 is 1.83 bits per heavy atom. The molecule has 0 saturated heterocycles. The Bertz CT molecular complexity index is 1110. The lowest BCUT2D eigenvalue weighted by Gasteiger charge is -2.29. The molecule has 1 aliphatic heterocycles. The highest BCUT2D eigenvalue weighted by atomic mass is 19.1. The number of amidine groups is 1. The molecule has 0 bridgehead atoms. The fourth-order valence-electron chi connectivity index (χ4n) is 5.01. The molecule has 7 heteroatoms. The molecule has 192 valence electrons. The molecular weight excluding hydrogens is 459 g/mol. The normalized spacial score (nSPS) is 16.8. The van der Waals surface area contributed by atoms with E-state index in [0.717, 1.165) is 56.3 Å². The van der Waals surface area contributed by atoms with Crippen molar-refractivity contribution in [1.29, 1.82) is 0 Å². The number of hydrogen-bond donors (Lipinski definition) is 0. The quantitative estimate of drug-likeness (QED) is 0.376. The van der Waals surface area contributed by atoms with Crippen LogP contribution in [-0.2, 0) is 20.9 Å². The highest BCUT2D eigenvalue weighted by Gasteiger charge is 2.48. The molecule has 0 aromatic heterocycles. The van der Waals surface area contributed by atoms with Gasteiger partial charge in [-0.25, -0.2) is 9.18 Å². The van der Waals surface area contributed by atoms with Crippen molar-refractivity contribution in [3.05, 3.63) is 53.8 Å². The zero-order chi connectivity index (χ0) is 25.5. The molecule has 2 aliphatic rings. The van der Waals surface area contributed by atoms with Gasteiger partial charge in [-0.1, -0.05) is 56.9 Å². The fourth-order valence-corrected chi connectivity index (χ4v) is 5.01. The Labute approximate surface area is 212 Å². The Morgan fingerprint density at radius 1 is 1.08 bits per heavy atom. The van der Waals surface area contributed by atoms with Crippen LogP contribution >= 0.6 is 0 Å². The number of esters is 1. The number of benzene rings is 2. The summed E-state index contributed by atoms with van der Waals surface area (Å²) < 4.78 is 24.9. The molecule has 1 heterocycles. The molecular formula is C29H35FN2O4. The Kier molecular flexibility index (Phi) is 8.39. The van der Waals surface area contributed by atoms with Crippen LogP contribution in [0.4, 0.5) is 4.39 Å². The van der Waals surface area contributed by atoms with Crippen molar-refractivity contribution in [3.8, 4) is 16.9 Å². The average Bonchev–Trinajstić information content (AvgIpc) is 3.13. The summed E-state index contributed by atoms with van der Waals surface area (Å²) in [6.07, 6.45) is 7.81. The number of unbranched alkanes of at least 4 members (excludes halogenated alkanes) is 1. The summed E-state index contributed by atoms with van der Waals surface area (Å²) in [7, 11) is 0. The maximum absolute atomic E-state index is 14.6. The lowest BCUT2D eigenvalue weighted by Crippen LogP contribution is -2.43. The third-order valence-electron chi connectivity index (χ3n) is 6.94. The molecule has 1 amide bonds. The lowest BCUT2D eigenvalue weighted by atomic mass is 9.82. The summed E-state index contributed by atoms with van der Waals surface area (Å²) in [6, 6.07) is 12.0. The van der Waals surface area contributed by atoms with Gasteiger partial charge < -0.3 is 9.47 Å². The second kappa shape index (κ2) is 11.7. The molecule has 0 unspecified atom stereocenters. The highest BCUT2D eigenvalue weighted by Crippen LogP contribution is 2.39. The Balaban J connectivity index is 1.48. The van der Waals surface area contributed by atoms with E-state index in [1.54, 1.807) is 13.0 Å². The minimum atomic E-state index is -0.561. The standard InChI is InChI=1S/C29H35FN2O4/c1-3-5-9-26-31-29(16-7-6-8-17-29)28(34)32(26)19-21-10-12-22(13-11-21)24-18-23(14-15-25(24)30)36-20-27(33)35-4-2/h10-15,18H,3-9,16-17,19-20H2,1-2H3. The first-order valence-electron chi connectivity index (χ1n) is 13.0. The van der Waals surface area contributed by atoms with E-state index in [4.69, 9.17) is 14.5 Å². The topological polar surface area (TPSA) is 68.2 Å². The predicted molar refractivity (Wildman–Crippen MR) is 137 cm³/mol. The van der Waals surface area contributed by atoms with E-state index in [0.29, 0.717) is 23.4 Å². The largest absolute Gasteiger partial charge is 0.482 e. The van der Waals surface area contributed by atoms with Crippen LogP contribution in [0.5, 0.6) is 5.75 Å². The van der Waals surface area contributed by atoms with Crippen molar-refractivity contribution in [3.63, 3.8) is 0 Å². The SMILES string of the molecule is CCCCC1=NC2(CCCCC2)C(=O)N1Cc1ccc(-c2cc(OCC(=O)OCC)ccc2F)cc1.